The third kappa shape index (κ3) is 3.35. The summed E-state index contributed by atoms with van der Waals surface area (Å²) in [6.07, 6.45) is 0. The fourth-order valence-corrected chi connectivity index (χ4v) is 1.52. The molecule has 0 fully saturated rings. The lowest BCUT2D eigenvalue weighted by molar-refractivity contribution is -0.131. The summed E-state index contributed by atoms with van der Waals surface area (Å²) in [6, 6.07) is 4.46. The van der Waals surface area contributed by atoms with Crippen molar-refractivity contribution in [3.05, 3.63) is 23.8 Å². The first kappa shape index (κ1) is 13.3. The van der Waals surface area contributed by atoms with E-state index in [-0.39, 0.29) is 11.7 Å². The van der Waals surface area contributed by atoms with Crippen molar-refractivity contribution in [3.8, 4) is 11.5 Å². The molecule has 0 bridgehead atoms. The molecule has 5 heteroatoms. The third-order valence-corrected chi connectivity index (χ3v) is 2.43. The number of ether oxygens (including phenoxy) is 1. The van der Waals surface area contributed by atoms with Crippen LogP contribution in [0, 0.1) is 0 Å². The minimum atomic E-state index is -0.515. The van der Waals surface area contributed by atoms with Crippen LogP contribution in [0.1, 0.15) is 12.5 Å². The van der Waals surface area contributed by atoms with E-state index in [0.29, 0.717) is 12.3 Å². The van der Waals surface area contributed by atoms with E-state index in [4.69, 9.17) is 10.5 Å². The molecule has 5 nitrogen and oxygen atoms in total. The fraction of sp³-hybridized carbons (Fsp3) is 0.417. The van der Waals surface area contributed by atoms with E-state index in [2.05, 4.69) is 0 Å². The fourth-order valence-electron chi connectivity index (χ4n) is 1.52. The van der Waals surface area contributed by atoms with Crippen LogP contribution in [0.5, 0.6) is 11.5 Å². The quantitative estimate of drug-likeness (QED) is 0.810. The smallest absolute Gasteiger partial charge is 0.239 e. The third-order valence-electron chi connectivity index (χ3n) is 2.43. The highest BCUT2D eigenvalue weighted by atomic mass is 16.5. The van der Waals surface area contributed by atoms with Crippen LogP contribution in [0.3, 0.4) is 0 Å². The molecule has 1 rings (SSSR count). The maximum atomic E-state index is 11.6. The van der Waals surface area contributed by atoms with E-state index >= 15 is 0 Å². The van der Waals surface area contributed by atoms with Gasteiger partial charge in [-0.25, -0.2) is 0 Å². The Kier molecular flexibility index (Phi) is 4.34. The molecule has 0 heterocycles. The van der Waals surface area contributed by atoms with E-state index in [1.54, 1.807) is 32.2 Å². The molecule has 94 valence electrons. The first-order valence-electron chi connectivity index (χ1n) is 5.32. The SMILES string of the molecule is COc1cc(CN(C)C(=O)C(C)N)ccc1O. The number of methoxy groups -OCH3 is 1. The lowest BCUT2D eigenvalue weighted by Crippen LogP contribution is -2.39. The van der Waals surface area contributed by atoms with Crippen molar-refractivity contribution in [3.63, 3.8) is 0 Å². The van der Waals surface area contributed by atoms with Crippen LogP contribution >= 0.6 is 0 Å². The Bertz CT molecular complexity index is 405. The van der Waals surface area contributed by atoms with Crippen molar-refractivity contribution in [2.45, 2.75) is 19.5 Å². The molecule has 3 N–H and O–H groups in total. The van der Waals surface area contributed by atoms with E-state index in [0.717, 1.165) is 5.56 Å². The monoisotopic (exact) mass is 238 g/mol. The predicted molar refractivity (Wildman–Crippen MR) is 64.8 cm³/mol. The van der Waals surface area contributed by atoms with Gasteiger partial charge in [0, 0.05) is 13.6 Å². The van der Waals surface area contributed by atoms with Gasteiger partial charge in [0.1, 0.15) is 0 Å². The average molecular weight is 238 g/mol. The highest BCUT2D eigenvalue weighted by molar-refractivity contribution is 5.80. The van der Waals surface area contributed by atoms with Crippen molar-refractivity contribution < 1.29 is 14.6 Å². The summed E-state index contributed by atoms with van der Waals surface area (Å²) < 4.78 is 5.00. The number of carbonyl (C=O) groups excluding carboxylic acids is 1. The van der Waals surface area contributed by atoms with Crippen LogP contribution in [0.4, 0.5) is 0 Å². The maximum absolute atomic E-state index is 11.6. The Hall–Kier alpha value is -1.75. The number of nitrogens with two attached hydrogens (primary N) is 1. The first-order valence-corrected chi connectivity index (χ1v) is 5.32. The van der Waals surface area contributed by atoms with Gasteiger partial charge in [0.15, 0.2) is 11.5 Å². The number of likely N-dealkylation sites (N-methyl/N-ethyl adjacent to an activating group) is 1. The van der Waals surface area contributed by atoms with Crippen molar-refractivity contribution >= 4 is 5.91 Å². The zero-order valence-electron chi connectivity index (χ0n) is 10.3. The average Bonchev–Trinajstić information content (AvgIpc) is 2.30. The zero-order valence-corrected chi connectivity index (χ0v) is 10.3. The molecule has 0 saturated heterocycles. The summed E-state index contributed by atoms with van der Waals surface area (Å²) in [5.41, 5.74) is 6.39. The molecule has 1 unspecified atom stereocenters. The number of rotatable bonds is 4. The minimum Gasteiger partial charge on any atom is -0.504 e. The number of phenolic OH excluding ortho intramolecular Hbond substituents is 1. The number of phenols is 1. The van der Waals surface area contributed by atoms with Crippen molar-refractivity contribution in [2.75, 3.05) is 14.2 Å². The van der Waals surface area contributed by atoms with Gasteiger partial charge in [-0.2, -0.15) is 0 Å². The van der Waals surface area contributed by atoms with Crippen molar-refractivity contribution in [1.82, 2.24) is 4.90 Å². The lowest BCUT2D eigenvalue weighted by Gasteiger charge is -2.19. The Morgan fingerprint density at radius 1 is 1.59 bits per heavy atom. The van der Waals surface area contributed by atoms with Crippen LogP contribution in [-0.4, -0.2) is 36.1 Å². The predicted octanol–water partition coefficient (Wildman–Crippen LogP) is 0.706. The summed E-state index contributed by atoms with van der Waals surface area (Å²) in [5.74, 6) is 0.346. The Balaban J connectivity index is 2.78. The Morgan fingerprint density at radius 2 is 2.24 bits per heavy atom. The molecule has 0 aliphatic carbocycles. The van der Waals surface area contributed by atoms with E-state index < -0.39 is 6.04 Å². The van der Waals surface area contributed by atoms with Gasteiger partial charge < -0.3 is 20.5 Å². The summed E-state index contributed by atoms with van der Waals surface area (Å²) in [4.78, 5) is 13.1. The number of aromatic hydroxyl groups is 1. The largest absolute Gasteiger partial charge is 0.504 e. The first-order chi connectivity index (χ1) is 7.95. The highest BCUT2D eigenvalue weighted by Crippen LogP contribution is 2.26. The van der Waals surface area contributed by atoms with Crippen molar-refractivity contribution in [1.29, 1.82) is 0 Å². The second kappa shape index (κ2) is 5.54. The van der Waals surface area contributed by atoms with Crippen LogP contribution in [-0.2, 0) is 11.3 Å². The second-order valence-corrected chi connectivity index (χ2v) is 3.99. The number of benzene rings is 1. The number of carbonyl (C=O) groups is 1. The molecule has 0 aliphatic heterocycles. The van der Waals surface area contributed by atoms with Gasteiger partial charge >= 0.3 is 0 Å². The number of hydrogen-bond acceptors (Lipinski definition) is 4. The van der Waals surface area contributed by atoms with Crippen LogP contribution < -0.4 is 10.5 Å². The van der Waals surface area contributed by atoms with Gasteiger partial charge in [-0.1, -0.05) is 6.07 Å². The van der Waals surface area contributed by atoms with Crippen molar-refractivity contribution in [2.24, 2.45) is 5.73 Å². The van der Waals surface area contributed by atoms with Gasteiger partial charge in [0.05, 0.1) is 13.2 Å². The standard InChI is InChI=1S/C12H18N2O3/c1-8(13)12(16)14(2)7-9-4-5-10(15)11(6-9)17-3/h4-6,8,15H,7,13H2,1-3H3. The summed E-state index contributed by atoms with van der Waals surface area (Å²) in [5, 5.41) is 9.44. The Labute approximate surface area is 101 Å². The molecular formula is C12H18N2O3. The van der Waals surface area contributed by atoms with E-state index in [1.807, 2.05) is 0 Å². The van der Waals surface area contributed by atoms with E-state index in [1.165, 1.54) is 12.0 Å². The number of nitrogens with zero attached hydrogens (tertiary/aromatic N) is 1. The molecule has 0 spiro atoms. The molecule has 1 atom stereocenters. The van der Waals surface area contributed by atoms with E-state index in [9.17, 15) is 9.90 Å². The molecule has 17 heavy (non-hydrogen) atoms. The number of amides is 1. The summed E-state index contributed by atoms with van der Waals surface area (Å²) >= 11 is 0. The molecular weight excluding hydrogens is 220 g/mol. The van der Waals surface area contributed by atoms with Crippen LogP contribution in [0.2, 0.25) is 0 Å². The summed E-state index contributed by atoms with van der Waals surface area (Å²) in [7, 11) is 3.17. The molecule has 1 aromatic rings. The van der Waals surface area contributed by atoms with Gasteiger partial charge in [0.2, 0.25) is 5.91 Å². The molecule has 0 aliphatic rings. The molecule has 0 aromatic heterocycles. The summed E-state index contributed by atoms with van der Waals surface area (Å²) in [6.45, 7) is 2.08. The Morgan fingerprint density at radius 3 is 2.76 bits per heavy atom. The molecule has 1 aromatic carbocycles. The van der Waals surface area contributed by atoms with Gasteiger partial charge in [-0.05, 0) is 24.6 Å². The van der Waals surface area contributed by atoms with Crippen LogP contribution in [0.15, 0.2) is 18.2 Å². The van der Waals surface area contributed by atoms with Gasteiger partial charge in [0.25, 0.3) is 0 Å². The minimum absolute atomic E-state index is 0.0809. The zero-order chi connectivity index (χ0) is 13.0. The topological polar surface area (TPSA) is 75.8 Å². The normalized spacial score (nSPS) is 12.0. The van der Waals surface area contributed by atoms with Gasteiger partial charge in [-0.15, -0.1) is 0 Å². The second-order valence-electron chi connectivity index (χ2n) is 3.99. The van der Waals surface area contributed by atoms with Crippen LogP contribution in [0.25, 0.3) is 0 Å². The molecule has 0 radical (unpaired) electrons. The molecule has 1 amide bonds. The highest BCUT2D eigenvalue weighted by Gasteiger charge is 2.14. The molecule has 0 saturated carbocycles. The lowest BCUT2D eigenvalue weighted by atomic mass is 10.2. The van der Waals surface area contributed by atoms with Gasteiger partial charge in [-0.3, -0.25) is 4.79 Å². The maximum Gasteiger partial charge on any atom is 0.239 e. The number of hydrogen-bond donors (Lipinski definition) is 2.